The largest absolute Gasteiger partial charge is 0.465 e. The van der Waals surface area contributed by atoms with Gasteiger partial charge in [0.15, 0.2) is 0 Å². The molecule has 0 aliphatic rings. The van der Waals surface area contributed by atoms with Crippen LogP contribution in [-0.4, -0.2) is 263 Å². The minimum atomic E-state index is -1.47. The highest BCUT2D eigenvalue weighted by molar-refractivity contribution is 5.82. The number of rotatable bonds is 66. The summed E-state index contributed by atoms with van der Waals surface area (Å²) >= 11 is 0. The van der Waals surface area contributed by atoms with Crippen molar-refractivity contribution in [3.8, 4) is 0 Å². The van der Waals surface area contributed by atoms with Crippen molar-refractivity contribution >= 4 is 95.1 Å². The summed E-state index contributed by atoms with van der Waals surface area (Å²) in [6.45, 7) is 33.5. The summed E-state index contributed by atoms with van der Waals surface area (Å²) < 4.78 is 80.0. The fourth-order valence-electron chi connectivity index (χ4n) is 10.9. The van der Waals surface area contributed by atoms with Crippen molar-refractivity contribution in [1.82, 2.24) is 37.2 Å². The van der Waals surface area contributed by atoms with Crippen molar-refractivity contribution in [3.63, 3.8) is 0 Å². The molecule has 124 heavy (non-hydrogen) atoms. The quantitative estimate of drug-likeness (QED) is 0.0283. The van der Waals surface area contributed by atoms with Crippen LogP contribution >= 0.6 is 0 Å². The standard InChI is InChI=1S/C87H151N7O30/c1-26-123-82(22,23)31-27-68(98)94-81(20,21)32-36-124-83(24,25)40-84(41-91-65(95)28-33-88-69(99)37-111-44-85(47-114-72(102)56(2)3,48-115-73(103)57(4)5)49-116-74(104)58(6)7,42-92-66(96)29-34-89-70(100)38-112-45-86(50-117-75(105)59(8)9,51-118-76(106)60(10)11)52-119-77(107)61(12)13)43-93-67(97)30-35-90-71(101)39-113-46-87(53-120-78(108)62(14)15,54-121-79(109)63(16)17)55-122-80(110)64(18)19/h56-64H,26-55H2,1-25H3,(H,88,99)(H,89,100)(H,90,101)(H,91,95)(H,92,96)(H,93,97)(H,94,98). The van der Waals surface area contributed by atoms with Crippen LogP contribution in [0.3, 0.4) is 0 Å². The lowest BCUT2D eigenvalue weighted by Crippen LogP contribution is -2.55. The number of amides is 7. The molecule has 0 unspecified atom stereocenters. The second kappa shape index (κ2) is 57.8. The molecule has 0 radical (unpaired) electrons. The topological polar surface area (TPSA) is 487 Å². The number of carbonyl (C=O) groups is 16. The van der Waals surface area contributed by atoms with Crippen LogP contribution in [0.2, 0.25) is 0 Å². The Hall–Kier alpha value is -8.68. The first-order chi connectivity index (χ1) is 57.5. The Morgan fingerprint density at radius 2 is 0.492 bits per heavy atom. The van der Waals surface area contributed by atoms with Crippen molar-refractivity contribution < 1.29 is 143 Å². The fraction of sp³-hybridized carbons (Fsp3) is 0.816. The molecule has 0 saturated heterocycles. The van der Waals surface area contributed by atoms with E-state index in [0.29, 0.717) is 19.4 Å². The number of ether oxygens (including phenoxy) is 14. The van der Waals surface area contributed by atoms with E-state index < -0.39 is 280 Å². The van der Waals surface area contributed by atoms with Crippen molar-refractivity contribution in [1.29, 1.82) is 0 Å². The number of hydrogen-bond donors (Lipinski definition) is 7. The second-order valence-corrected chi connectivity index (χ2v) is 36.6. The van der Waals surface area contributed by atoms with Gasteiger partial charge in [0.2, 0.25) is 41.4 Å². The average Bonchev–Trinajstić information content (AvgIpc) is 0.819. The summed E-state index contributed by atoms with van der Waals surface area (Å²) in [6, 6.07) is 0. The first kappa shape index (κ1) is 115. The van der Waals surface area contributed by atoms with Crippen LogP contribution in [0.15, 0.2) is 0 Å². The molecular formula is C87H151N7O30. The van der Waals surface area contributed by atoms with E-state index in [4.69, 9.17) is 66.3 Å². The predicted molar refractivity (Wildman–Crippen MR) is 453 cm³/mol. The van der Waals surface area contributed by atoms with E-state index in [1.807, 2.05) is 34.6 Å². The van der Waals surface area contributed by atoms with E-state index in [0.717, 1.165) is 0 Å². The van der Waals surface area contributed by atoms with E-state index in [1.54, 1.807) is 138 Å². The zero-order chi connectivity index (χ0) is 95.0. The third kappa shape index (κ3) is 51.1. The normalized spacial score (nSPS) is 12.3. The monoisotopic (exact) mass is 1770 g/mol. The molecule has 7 amide bonds. The lowest BCUT2D eigenvalue weighted by atomic mass is 9.77. The Labute approximate surface area is 733 Å². The van der Waals surface area contributed by atoms with Crippen LogP contribution < -0.4 is 37.2 Å². The lowest BCUT2D eigenvalue weighted by molar-refractivity contribution is -0.174. The molecule has 0 aliphatic carbocycles. The van der Waals surface area contributed by atoms with E-state index >= 15 is 0 Å². The molecule has 37 nitrogen and oxygen atoms in total. The van der Waals surface area contributed by atoms with Gasteiger partial charge in [-0.3, -0.25) is 76.7 Å². The van der Waals surface area contributed by atoms with Crippen LogP contribution in [0.5, 0.6) is 0 Å². The second-order valence-electron chi connectivity index (χ2n) is 36.6. The van der Waals surface area contributed by atoms with Gasteiger partial charge in [0.25, 0.3) is 0 Å². The smallest absolute Gasteiger partial charge is 0.308 e. The molecular weight excluding hydrogens is 1620 g/mol. The van der Waals surface area contributed by atoms with Crippen LogP contribution in [0.1, 0.15) is 218 Å². The molecule has 0 aromatic carbocycles. The average molecular weight is 1780 g/mol. The number of nitrogens with one attached hydrogen (secondary N) is 7. The van der Waals surface area contributed by atoms with Gasteiger partial charge in [0.05, 0.1) is 101 Å². The Morgan fingerprint density at radius 1 is 0.258 bits per heavy atom. The van der Waals surface area contributed by atoms with Crippen molar-refractivity contribution in [3.05, 3.63) is 0 Å². The summed E-state index contributed by atoms with van der Waals surface area (Å²) in [5.74, 6) is -14.8. The van der Waals surface area contributed by atoms with Crippen LogP contribution in [0.25, 0.3) is 0 Å². The van der Waals surface area contributed by atoms with E-state index in [1.165, 1.54) is 0 Å². The third-order valence-electron chi connectivity index (χ3n) is 18.8. The van der Waals surface area contributed by atoms with Crippen LogP contribution in [-0.2, 0) is 143 Å². The van der Waals surface area contributed by atoms with Gasteiger partial charge in [-0.15, -0.1) is 0 Å². The van der Waals surface area contributed by atoms with Crippen molar-refractivity contribution in [2.24, 2.45) is 74.9 Å². The molecule has 0 aromatic heterocycles. The molecule has 714 valence electrons. The number of hydrogen-bond acceptors (Lipinski definition) is 30. The summed E-state index contributed by atoms with van der Waals surface area (Å²) in [5, 5.41) is 19.6. The van der Waals surface area contributed by atoms with Gasteiger partial charge in [0.1, 0.15) is 79.3 Å². The minimum Gasteiger partial charge on any atom is -0.465 e. The minimum absolute atomic E-state index is 0.0428. The first-order valence-corrected chi connectivity index (χ1v) is 42.9. The summed E-state index contributed by atoms with van der Waals surface area (Å²) in [5.41, 5.74) is -8.35. The maximum absolute atomic E-state index is 14.2. The Morgan fingerprint density at radius 3 is 0.710 bits per heavy atom. The molecule has 0 heterocycles. The van der Waals surface area contributed by atoms with Crippen molar-refractivity contribution in [2.75, 3.05) is 152 Å². The fourth-order valence-corrected chi connectivity index (χ4v) is 10.9. The molecule has 0 aliphatic heterocycles. The number of carbonyl (C=O) groups excluding carboxylic acids is 16. The molecule has 0 rings (SSSR count). The SMILES string of the molecule is CCOC(C)(C)CCC(=O)NC(C)(C)CCOC(C)(C)CC(CNC(=O)CCNC(=O)COCC(COC(=O)C(C)C)(COC(=O)C(C)C)COC(=O)C(C)C)(CNC(=O)CCNC(=O)COCC(COC(=O)C(C)C)(COC(=O)C(C)C)COC(=O)C(C)C)CNC(=O)CCNC(=O)COCC(COC(=O)C(C)C)(COC(=O)C(C)C)COC(=O)C(C)C. The zero-order valence-electron chi connectivity index (χ0n) is 78.7. The molecule has 0 spiro atoms. The Kier molecular flexibility index (Phi) is 53.8. The Balaban J connectivity index is 7.63. The first-order valence-electron chi connectivity index (χ1n) is 42.9. The van der Waals surface area contributed by atoms with Gasteiger partial charge in [0, 0.05) is 89.1 Å². The summed E-state index contributed by atoms with van der Waals surface area (Å²) in [7, 11) is 0. The summed E-state index contributed by atoms with van der Waals surface area (Å²) in [4.78, 5) is 211. The van der Waals surface area contributed by atoms with Gasteiger partial charge >= 0.3 is 53.7 Å². The Bertz CT molecular complexity index is 2920. The number of esters is 9. The maximum atomic E-state index is 14.2. The zero-order valence-corrected chi connectivity index (χ0v) is 78.7. The van der Waals surface area contributed by atoms with Gasteiger partial charge in [-0.25, -0.2) is 0 Å². The highest BCUT2D eigenvalue weighted by Crippen LogP contribution is 2.33. The van der Waals surface area contributed by atoms with Crippen molar-refractivity contribution in [2.45, 2.75) is 235 Å². The third-order valence-corrected chi connectivity index (χ3v) is 18.8. The molecule has 0 saturated carbocycles. The van der Waals surface area contributed by atoms with Gasteiger partial charge < -0.3 is 104 Å². The molecule has 37 heteroatoms. The van der Waals surface area contributed by atoms with E-state index in [9.17, 15) is 76.7 Å². The molecule has 7 N–H and O–H groups in total. The predicted octanol–water partition coefficient (Wildman–Crippen LogP) is 5.71. The summed E-state index contributed by atoms with van der Waals surface area (Å²) in [6.07, 6.45) is -0.178. The highest BCUT2D eigenvalue weighted by atomic mass is 16.6. The highest BCUT2D eigenvalue weighted by Gasteiger charge is 2.43. The molecule has 0 aromatic rings. The lowest BCUT2D eigenvalue weighted by Gasteiger charge is -2.41. The van der Waals surface area contributed by atoms with Gasteiger partial charge in [-0.1, -0.05) is 125 Å². The van der Waals surface area contributed by atoms with Gasteiger partial charge in [-0.2, -0.15) is 0 Å². The molecule has 0 fully saturated rings. The van der Waals surface area contributed by atoms with E-state index in [2.05, 4.69) is 37.2 Å². The molecule has 0 atom stereocenters. The van der Waals surface area contributed by atoms with Crippen LogP contribution in [0.4, 0.5) is 0 Å². The van der Waals surface area contributed by atoms with E-state index in [-0.39, 0.29) is 83.9 Å². The van der Waals surface area contributed by atoms with Crippen LogP contribution in [0, 0.1) is 74.9 Å². The molecule has 0 bridgehead atoms. The maximum Gasteiger partial charge on any atom is 0.308 e. The van der Waals surface area contributed by atoms with Gasteiger partial charge in [-0.05, 0) is 67.7 Å².